The molecule has 0 aromatic heterocycles. The summed E-state index contributed by atoms with van der Waals surface area (Å²) in [5, 5.41) is 10.9. The molecular formula is C6H14N2O2. The number of amides is 1. The first kappa shape index (κ1) is 11.9. The fourth-order valence-corrected chi connectivity index (χ4v) is 0.0779. The molecule has 0 aromatic carbocycles. The van der Waals surface area contributed by atoms with Gasteiger partial charge in [0, 0.05) is 5.57 Å². The van der Waals surface area contributed by atoms with Crippen LogP contribution in [0.3, 0.4) is 0 Å². The third kappa shape index (κ3) is 10.2. The van der Waals surface area contributed by atoms with Crippen LogP contribution in [0, 0.1) is 0 Å². The first-order valence-corrected chi connectivity index (χ1v) is 2.77. The van der Waals surface area contributed by atoms with Gasteiger partial charge in [-0.2, -0.15) is 0 Å². The SMILES string of the molecule is C=C(CO)C(N)=O.CNC. The van der Waals surface area contributed by atoms with E-state index in [-0.39, 0.29) is 12.2 Å². The van der Waals surface area contributed by atoms with Crippen LogP contribution in [-0.4, -0.2) is 31.7 Å². The Labute approximate surface area is 60.7 Å². The fourth-order valence-electron chi connectivity index (χ4n) is 0.0779. The lowest BCUT2D eigenvalue weighted by Gasteiger charge is -1.88. The first-order valence-electron chi connectivity index (χ1n) is 2.77. The van der Waals surface area contributed by atoms with E-state index in [1.54, 1.807) is 0 Å². The Morgan fingerprint density at radius 1 is 1.70 bits per heavy atom. The van der Waals surface area contributed by atoms with E-state index in [9.17, 15) is 4.79 Å². The molecular weight excluding hydrogens is 132 g/mol. The molecule has 4 heteroatoms. The zero-order valence-corrected chi connectivity index (χ0v) is 6.35. The molecule has 1 amide bonds. The van der Waals surface area contributed by atoms with Crippen LogP contribution in [0.4, 0.5) is 0 Å². The van der Waals surface area contributed by atoms with E-state index in [0.717, 1.165) is 0 Å². The van der Waals surface area contributed by atoms with Crippen LogP contribution in [0.15, 0.2) is 12.2 Å². The van der Waals surface area contributed by atoms with Crippen molar-refractivity contribution in [2.24, 2.45) is 5.73 Å². The van der Waals surface area contributed by atoms with Gasteiger partial charge in [-0.25, -0.2) is 0 Å². The van der Waals surface area contributed by atoms with E-state index < -0.39 is 5.91 Å². The minimum absolute atomic E-state index is 0.0417. The third-order valence-corrected chi connectivity index (χ3v) is 0.539. The summed E-state index contributed by atoms with van der Waals surface area (Å²) in [5.41, 5.74) is 4.69. The summed E-state index contributed by atoms with van der Waals surface area (Å²) in [7, 11) is 3.75. The second-order valence-corrected chi connectivity index (χ2v) is 1.63. The molecule has 0 bridgehead atoms. The van der Waals surface area contributed by atoms with E-state index in [2.05, 4.69) is 17.6 Å². The number of primary amides is 1. The van der Waals surface area contributed by atoms with Crippen molar-refractivity contribution >= 4 is 5.91 Å². The molecule has 0 saturated carbocycles. The Bertz CT molecular complexity index is 112. The second-order valence-electron chi connectivity index (χ2n) is 1.63. The average molecular weight is 146 g/mol. The Kier molecular flexibility index (Phi) is 9.65. The topological polar surface area (TPSA) is 75.3 Å². The van der Waals surface area contributed by atoms with Gasteiger partial charge in [0.2, 0.25) is 5.91 Å². The van der Waals surface area contributed by atoms with Crippen LogP contribution in [-0.2, 0) is 4.79 Å². The summed E-state index contributed by atoms with van der Waals surface area (Å²) in [5.74, 6) is -0.650. The molecule has 4 nitrogen and oxygen atoms in total. The van der Waals surface area contributed by atoms with E-state index in [4.69, 9.17) is 5.11 Å². The highest BCUT2D eigenvalue weighted by Gasteiger charge is 1.94. The second kappa shape index (κ2) is 8.13. The molecule has 0 aliphatic carbocycles. The highest BCUT2D eigenvalue weighted by molar-refractivity contribution is 5.91. The van der Waals surface area contributed by atoms with Crippen molar-refractivity contribution in [3.63, 3.8) is 0 Å². The monoisotopic (exact) mass is 146 g/mol. The zero-order chi connectivity index (χ0) is 8.57. The number of nitrogens with two attached hydrogens (primary N) is 1. The summed E-state index contributed by atoms with van der Waals surface area (Å²) in [4.78, 5) is 9.89. The average Bonchev–Trinajstić information content (AvgIpc) is 1.88. The van der Waals surface area contributed by atoms with Crippen LogP contribution < -0.4 is 11.1 Å². The van der Waals surface area contributed by atoms with E-state index in [0.29, 0.717) is 0 Å². The Morgan fingerprint density at radius 3 is 2.00 bits per heavy atom. The third-order valence-electron chi connectivity index (χ3n) is 0.539. The molecule has 4 N–H and O–H groups in total. The van der Waals surface area contributed by atoms with Gasteiger partial charge in [-0.1, -0.05) is 6.58 Å². The standard InChI is InChI=1S/C4H7NO2.C2H7N/c1-3(2-6)4(5)7;1-3-2/h6H,1-2H2,(H2,5,7);3H,1-2H3. The number of hydrogen-bond acceptors (Lipinski definition) is 3. The lowest BCUT2D eigenvalue weighted by molar-refractivity contribution is -0.114. The van der Waals surface area contributed by atoms with Crippen LogP contribution in [0.2, 0.25) is 0 Å². The van der Waals surface area contributed by atoms with E-state index in [1.165, 1.54) is 0 Å². The Hall–Kier alpha value is -0.870. The van der Waals surface area contributed by atoms with Crippen molar-refractivity contribution in [3.8, 4) is 0 Å². The number of nitrogens with one attached hydrogen (secondary N) is 1. The molecule has 10 heavy (non-hydrogen) atoms. The number of carbonyl (C=O) groups excluding carboxylic acids is 1. The van der Waals surface area contributed by atoms with Gasteiger partial charge >= 0.3 is 0 Å². The van der Waals surface area contributed by atoms with Crippen LogP contribution in [0.1, 0.15) is 0 Å². The predicted molar refractivity (Wildman–Crippen MR) is 40.4 cm³/mol. The highest BCUT2D eigenvalue weighted by atomic mass is 16.3. The van der Waals surface area contributed by atoms with Gasteiger partial charge in [0.15, 0.2) is 0 Å². The molecule has 0 atom stereocenters. The molecule has 0 aliphatic heterocycles. The molecule has 0 aromatic rings. The zero-order valence-electron chi connectivity index (χ0n) is 6.35. The number of hydrogen-bond donors (Lipinski definition) is 3. The summed E-state index contributed by atoms with van der Waals surface area (Å²) >= 11 is 0. The Morgan fingerprint density at radius 2 is 2.00 bits per heavy atom. The molecule has 0 rings (SSSR count). The normalized spacial score (nSPS) is 7.50. The van der Waals surface area contributed by atoms with Gasteiger partial charge in [-0.3, -0.25) is 4.79 Å². The number of aliphatic hydroxyl groups is 1. The minimum atomic E-state index is -0.650. The summed E-state index contributed by atoms with van der Waals surface area (Å²) < 4.78 is 0. The van der Waals surface area contributed by atoms with Crippen molar-refractivity contribution in [3.05, 3.63) is 12.2 Å². The molecule has 0 heterocycles. The Balaban J connectivity index is 0. The first-order chi connectivity index (χ1) is 4.59. The maximum atomic E-state index is 9.89. The number of rotatable bonds is 2. The van der Waals surface area contributed by atoms with Crippen molar-refractivity contribution < 1.29 is 9.90 Å². The predicted octanol–water partition coefficient (Wildman–Crippen LogP) is -1.14. The molecule has 0 fully saturated rings. The summed E-state index contributed by atoms with van der Waals surface area (Å²) in [6.07, 6.45) is 0. The minimum Gasteiger partial charge on any atom is -0.391 e. The van der Waals surface area contributed by atoms with Gasteiger partial charge in [0.1, 0.15) is 0 Å². The van der Waals surface area contributed by atoms with Crippen LogP contribution in [0.5, 0.6) is 0 Å². The summed E-state index contributed by atoms with van der Waals surface area (Å²) in [6, 6.07) is 0. The van der Waals surface area contributed by atoms with Crippen molar-refractivity contribution in [2.75, 3.05) is 20.7 Å². The maximum absolute atomic E-state index is 9.89. The maximum Gasteiger partial charge on any atom is 0.246 e. The van der Waals surface area contributed by atoms with Crippen molar-refractivity contribution in [1.29, 1.82) is 0 Å². The lowest BCUT2D eigenvalue weighted by Crippen LogP contribution is -2.14. The van der Waals surface area contributed by atoms with Crippen LogP contribution in [0.25, 0.3) is 0 Å². The number of carbonyl (C=O) groups is 1. The smallest absolute Gasteiger partial charge is 0.246 e. The summed E-state index contributed by atoms with van der Waals surface area (Å²) in [6.45, 7) is 2.80. The lowest BCUT2D eigenvalue weighted by atomic mass is 10.3. The van der Waals surface area contributed by atoms with Gasteiger partial charge in [-0.05, 0) is 14.1 Å². The van der Waals surface area contributed by atoms with Gasteiger partial charge in [0.25, 0.3) is 0 Å². The molecule has 0 aliphatic rings. The largest absolute Gasteiger partial charge is 0.391 e. The van der Waals surface area contributed by atoms with Crippen molar-refractivity contribution in [2.45, 2.75) is 0 Å². The molecule has 0 radical (unpaired) electrons. The molecule has 0 saturated heterocycles. The number of aliphatic hydroxyl groups excluding tert-OH is 1. The van der Waals surface area contributed by atoms with Gasteiger partial charge in [-0.15, -0.1) is 0 Å². The highest BCUT2D eigenvalue weighted by Crippen LogP contribution is 1.80. The molecule has 60 valence electrons. The quantitative estimate of drug-likeness (QED) is 0.431. The van der Waals surface area contributed by atoms with Gasteiger partial charge in [0.05, 0.1) is 6.61 Å². The van der Waals surface area contributed by atoms with Crippen molar-refractivity contribution in [1.82, 2.24) is 5.32 Å². The van der Waals surface area contributed by atoms with E-state index in [1.807, 2.05) is 14.1 Å². The molecule has 0 unspecified atom stereocenters. The van der Waals surface area contributed by atoms with Crippen LogP contribution >= 0.6 is 0 Å². The molecule has 0 spiro atoms. The van der Waals surface area contributed by atoms with E-state index >= 15 is 0 Å². The van der Waals surface area contributed by atoms with Gasteiger partial charge < -0.3 is 16.2 Å². The fraction of sp³-hybridized carbons (Fsp3) is 0.500.